The average molecular weight is 447 g/mol. The van der Waals surface area contributed by atoms with E-state index in [1.165, 1.54) is 21.9 Å². The number of carbonyl (C=O) groups excluding carboxylic acids is 2. The molecule has 3 aliphatic heterocycles. The van der Waals surface area contributed by atoms with Crippen LogP contribution in [0.25, 0.3) is 6.08 Å². The average Bonchev–Trinajstić information content (AvgIpc) is 3.20. The van der Waals surface area contributed by atoms with Crippen LogP contribution in [0.2, 0.25) is 0 Å². The highest BCUT2D eigenvalue weighted by Gasteiger charge is 2.54. The molecule has 5 rings (SSSR count). The summed E-state index contributed by atoms with van der Waals surface area (Å²) in [6.45, 7) is 3.62. The van der Waals surface area contributed by atoms with Crippen LogP contribution < -0.4 is 4.90 Å². The monoisotopic (exact) mass is 446 g/mol. The number of benzene rings is 2. The van der Waals surface area contributed by atoms with Crippen molar-refractivity contribution < 1.29 is 18.6 Å². The molecule has 2 unspecified atom stereocenters. The van der Waals surface area contributed by atoms with E-state index in [-0.39, 0.29) is 24.2 Å². The van der Waals surface area contributed by atoms with Crippen LogP contribution in [0.3, 0.4) is 0 Å². The minimum absolute atomic E-state index is 0.182. The van der Waals surface area contributed by atoms with Crippen LogP contribution in [-0.2, 0) is 4.79 Å². The molecule has 33 heavy (non-hydrogen) atoms. The summed E-state index contributed by atoms with van der Waals surface area (Å²) in [5.74, 6) is 0.712. The highest BCUT2D eigenvalue weighted by atomic mass is 19.1. The van der Waals surface area contributed by atoms with E-state index in [4.69, 9.17) is 4.99 Å². The molecule has 0 spiro atoms. The van der Waals surface area contributed by atoms with Gasteiger partial charge in [0, 0.05) is 19.5 Å². The number of fused-ring (bicyclic) bond motifs is 2. The molecule has 0 bridgehead atoms. The van der Waals surface area contributed by atoms with Crippen LogP contribution in [0, 0.1) is 11.7 Å². The van der Waals surface area contributed by atoms with Gasteiger partial charge >= 0.3 is 12.0 Å². The van der Waals surface area contributed by atoms with E-state index in [1.54, 1.807) is 19.2 Å². The maximum Gasteiger partial charge on any atom is 0.397 e. The number of urea groups is 1. The van der Waals surface area contributed by atoms with Crippen molar-refractivity contribution in [1.82, 2.24) is 9.80 Å². The number of hydrogen-bond donors (Lipinski definition) is 0. The lowest BCUT2D eigenvalue weighted by atomic mass is 10.1. The molecule has 7 nitrogen and oxygen atoms in total. The summed E-state index contributed by atoms with van der Waals surface area (Å²) in [5, 5.41) is 0. The van der Waals surface area contributed by atoms with Gasteiger partial charge in [-0.15, -0.1) is 0 Å². The third kappa shape index (κ3) is 3.71. The number of aliphatic imine (C=N–C) groups is 1. The molecule has 3 amide bonds. The predicted octanol–water partition coefficient (Wildman–Crippen LogP) is 3.04. The maximum atomic E-state index is 13.5. The maximum absolute atomic E-state index is 13.5. The Morgan fingerprint density at radius 3 is 2.58 bits per heavy atom. The zero-order valence-corrected chi connectivity index (χ0v) is 18.6. The molecule has 0 radical (unpaired) electrons. The van der Waals surface area contributed by atoms with Gasteiger partial charge < -0.3 is 0 Å². The number of halogens is 1. The SMILES string of the molecule is CC1CN(c2ccc(F)cc2)C2=[N+](C1)C1C(=O)N(C/C=C/c3ccccc3)C(=O)N(C)C1=N2. The minimum Gasteiger partial charge on any atom is -0.270 e. The number of rotatable bonds is 4. The summed E-state index contributed by atoms with van der Waals surface area (Å²) < 4.78 is 15.4. The number of guanidine groups is 1. The Hall–Kier alpha value is -3.81. The van der Waals surface area contributed by atoms with E-state index in [0.29, 0.717) is 24.9 Å². The van der Waals surface area contributed by atoms with Crippen molar-refractivity contribution in [2.24, 2.45) is 10.9 Å². The molecular weight excluding hydrogens is 421 g/mol. The predicted molar refractivity (Wildman–Crippen MR) is 125 cm³/mol. The smallest absolute Gasteiger partial charge is 0.270 e. The normalized spacial score (nSPS) is 22.8. The van der Waals surface area contributed by atoms with E-state index in [9.17, 15) is 14.0 Å². The van der Waals surface area contributed by atoms with Crippen molar-refractivity contribution in [2.45, 2.75) is 13.0 Å². The molecule has 1 saturated heterocycles. The molecule has 2 atom stereocenters. The summed E-state index contributed by atoms with van der Waals surface area (Å²) in [6, 6.07) is 14.9. The molecule has 0 N–H and O–H groups in total. The second-order valence-electron chi connectivity index (χ2n) is 8.62. The number of carbonyl (C=O) groups is 2. The molecule has 0 aromatic heterocycles. The number of likely N-dealkylation sites (N-methyl/N-ethyl adjacent to an activating group) is 1. The van der Waals surface area contributed by atoms with Gasteiger partial charge in [0.15, 0.2) is 0 Å². The van der Waals surface area contributed by atoms with Crippen molar-refractivity contribution in [1.29, 1.82) is 0 Å². The van der Waals surface area contributed by atoms with Crippen LogP contribution in [0.15, 0.2) is 65.7 Å². The van der Waals surface area contributed by atoms with Gasteiger partial charge in [-0.1, -0.05) is 54.4 Å². The van der Waals surface area contributed by atoms with Crippen molar-refractivity contribution in [2.75, 3.05) is 31.6 Å². The molecule has 3 heterocycles. The fourth-order valence-electron chi connectivity index (χ4n) is 4.56. The van der Waals surface area contributed by atoms with Gasteiger partial charge in [0.05, 0.1) is 13.1 Å². The summed E-state index contributed by atoms with van der Waals surface area (Å²) in [4.78, 5) is 36.0. The molecule has 0 aliphatic carbocycles. The topological polar surface area (TPSA) is 59.2 Å². The molecule has 8 heteroatoms. The Bertz CT molecular complexity index is 1190. The first kappa shape index (κ1) is 21.1. The fourth-order valence-corrected chi connectivity index (χ4v) is 4.56. The summed E-state index contributed by atoms with van der Waals surface area (Å²) in [5.41, 5.74) is 1.80. The fraction of sp³-hybridized carbons (Fsp3) is 0.280. The lowest BCUT2D eigenvalue weighted by Crippen LogP contribution is -2.63. The van der Waals surface area contributed by atoms with Crippen molar-refractivity contribution >= 4 is 35.5 Å². The lowest BCUT2D eigenvalue weighted by molar-refractivity contribution is -0.545. The second-order valence-corrected chi connectivity index (χ2v) is 8.62. The quantitative estimate of drug-likeness (QED) is 0.679. The summed E-state index contributed by atoms with van der Waals surface area (Å²) in [7, 11) is 1.65. The van der Waals surface area contributed by atoms with E-state index in [0.717, 1.165) is 11.3 Å². The molecular formula is C25H25FN5O2+. The third-order valence-electron chi connectivity index (χ3n) is 6.17. The van der Waals surface area contributed by atoms with Gasteiger partial charge in [-0.05, 0) is 29.8 Å². The number of nitrogens with zero attached hydrogens (tertiary/aromatic N) is 5. The zero-order chi connectivity index (χ0) is 23.1. The van der Waals surface area contributed by atoms with Gasteiger partial charge in [0.2, 0.25) is 11.9 Å². The zero-order valence-electron chi connectivity index (χ0n) is 18.6. The first-order chi connectivity index (χ1) is 15.9. The van der Waals surface area contributed by atoms with Gasteiger partial charge in [0.25, 0.3) is 5.91 Å². The van der Waals surface area contributed by atoms with E-state index in [2.05, 4.69) is 6.92 Å². The molecule has 168 valence electrons. The lowest BCUT2D eigenvalue weighted by Gasteiger charge is -2.35. The number of anilines is 1. The van der Waals surface area contributed by atoms with Gasteiger partial charge in [-0.2, -0.15) is 0 Å². The van der Waals surface area contributed by atoms with Crippen LogP contribution in [0.5, 0.6) is 0 Å². The van der Waals surface area contributed by atoms with Crippen molar-refractivity contribution in [3.05, 3.63) is 72.1 Å². The Morgan fingerprint density at radius 2 is 1.85 bits per heavy atom. The van der Waals surface area contributed by atoms with Crippen molar-refractivity contribution in [3.8, 4) is 0 Å². The van der Waals surface area contributed by atoms with Gasteiger partial charge in [0.1, 0.15) is 11.5 Å². The molecule has 3 aliphatic rings. The van der Waals surface area contributed by atoms with Crippen LogP contribution in [-0.4, -0.2) is 70.8 Å². The summed E-state index contributed by atoms with van der Waals surface area (Å²) in [6.07, 6.45) is 3.72. The van der Waals surface area contributed by atoms with Crippen LogP contribution >= 0.6 is 0 Å². The first-order valence-electron chi connectivity index (χ1n) is 11.0. The van der Waals surface area contributed by atoms with Gasteiger partial charge in [-0.3, -0.25) is 14.6 Å². The van der Waals surface area contributed by atoms with Crippen LogP contribution in [0.4, 0.5) is 14.9 Å². The molecule has 2 aromatic rings. The van der Waals surface area contributed by atoms with Crippen molar-refractivity contribution in [3.63, 3.8) is 0 Å². The minimum atomic E-state index is -0.654. The van der Waals surface area contributed by atoms with Crippen LogP contribution in [0.1, 0.15) is 12.5 Å². The Kier molecular flexibility index (Phi) is 5.28. The first-order valence-corrected chi connectivity index (χ1v) is 11.0. The second kappa shape index (κ2) is 8.27. The van der Waals surface area contributed by atoms with Gasteiger partial charge in [-0.25, -0.2) is 18.7 Å². The number of imide groups is 1. The largest absolute Gasteiger partial charge is 0.397 e. The summed E-state index contributed by atoms with van der Waals surface area (Å²) >= 11 is 0. The molecule has 1 fully saturated rings. The highest BCUT2D eigenvalue weighted by Crippen LogP contribution is 2.28. The van der Waals surface area contributed by atoms with E-state index >= 15 is 0 Å². The Morgan fingerprint density at radius 1 is 1.12 bits per heavy atom. The number of amidine groups is 1. The number of amides is 3. The Balaban J connectivity index is 1.46. The number of hydrogen-bond acceptors (Lipinski definition) is 4. The van der Waals surface area contributed by atoms with E-state index < -0.39 is 12.1 Å². The highest BCUT2D eigenvalue weighted by molar-refractivity contribution is 6.24. The third-order valence-corrected chi connectivity index (χ3v) is 6.17. The molecule has 0 saturated carbocycles. The standard InChI is InChI=1S/C25H25FN5O2/c1-17-15-30(20-12-10-19(26)11-13-20)24-27-22-21(31(24)16-17)23(32)29(25(33)28(22)2)14-6-9-18-7-4-3-5-8-18/h3-13,17,21H,14-16H2,1-2H3/q+1/b9-6+. The molecule has 2 aromatic carbocycles. The van der Waals surface area contributed by atoms with E-state index in [1.807, 2.05) is 52.0 Å². The Labute approximate surface area is 191 Å².